The summed E-state index contributed by atoms with van der Waals surface area (Å²) >= 11 is 1.58. The SMILES string of the molecule is CC.CNCc1csc(/C=N/Nc2ccc(-c3cn4cc(C)ccc4n3)cc2)n1. The van der Waals surface area contributed by atoms with Gasteiger partial charge in [-0.3, -0.25) is 5.43 Å². The molecule has 1 aromatic carbocycles. The number of fused-ring (bicyclic) bond motifs is 1. The molecule has 0 atom stereocenters. The molecule has 29 heavy (non-hydrogen) atoms. The molecule has 0 unspecified atom stereocenters. The van der Waals surface area contributed by atoms with Crippen LogP contribution in [0.15, 0.2) is 59.3 Å². The summed E-state index contributed by atoms with van der Waals surface area (Å²) in [5.41, 5.74) is 9.17. The Morgan fingerprint density at radius 1 is 1.07 bits per heavy atom. The first-order valence-electron chi connectivity index (χ1n) is 9.65. The van der Waals surface area contributed by atoms with Crippen LogP contribution in [0, 0.1) is 6.92 Å². The highest BCUT2D eigenvalue weighted by atomic mass is 32.1. The van der Waals surface area contributed by atoms with Gasteiger partial charge in [0, 0.05) is 29.9 Å². The van der Waals surface area contributed by atoms with E-state index in [1.165, 1.54) is 5.56 Å². The summed E-state index contributed by atoms with van der Waals surface area (Å²) < 4.78 is 2.05. The monoisotopic (exact) mass is 406 g/mol. The predicted octanol–water partition coefficient (Wildman–Crippen LogP) is 4.96. The number of thiazole rings is 1. The fourth-order valence-electron chi connectivity index (χ4n) is 2.76. The Bertz CT molecular complexity index is 1080. The molecule has 0 aliphatic heterocycles. The number of nitrogens with zero attached hydrogens (tertiary/aromatic N) is 4. The van der Waals surface area contributed by atoms with Gasteiger partial charge >= 0.3 is 0 Å². The lowest BCUT2D eigenvalue weighted by atomic mass is 10.1. The van der Waals surface area contributed by atoms with Gasteiger partial charge in [-0.1, -0.05) is 32.0 Å². The lowest BCUT2D eigenvalue weighted by molar-refractivity contribution is 0.797. The van der Waals surface area contributed by atoms with Crippen LogP contribution in [0.1, 0.15) is 30.1 Å². The maximum atomic E-state index is 4.67. The van der Waals surface area contributed by atoms with E-state index in [1.807, 2.05) is 62.8 Å². The van der Waals surface area contributed by atoms with E-state index in [9.17, 15) is 0 Å². The highest BCUT2D eigenvalue weighted by Gasteiger charge is 2.04. The highest BCUT2D eigenvalue weighted by molar-refractivity contribution is 7.11. The normalized spacial score (nSPS) is 10.9. The summed E-state index contributed by atoms with van der Waals surface area (Å²) in [5.74, 6) is 0. The number of hydrazone groups is 1. The molecule has 7 heteroatoms. The smallest absolute Gasteiger partial charge is 0.137 e. The van der Waals surface area contributed by atoms with Crippen LogP contribution in [0.3, 0.4) is 0 Å². The summed E-state index contributed by atoms with van der Waals surface area (Å²) in [5, 5.41) is 10.3. The van der Waals surface area contributed by atoms with Crippen molar-refractivity contribution in [3.05, 3.63) is 70.4 Å². The average Bonchev–Trinajstić information content (AvgIpc) is 3.37. The second-order valence-corrected chi connectivity index (χ2v) is 7.14. The molecule has 0 bridgehead atoms. The number of aromatic nitrogens is 3. The number of anilines is 1. The number of benzene rings is 1. The fourth-order valence-corrected chi connectivity index (χ4v) is 3.44. The van der Waals surface area contributed by atoms with Gasteiger partial charge in [0.15, 0.2) is 0 Å². The zero-order valence-corrected chi connectivity index (χ0v) is 18.0. The van der Waals surface area contributed by atoms with Crippen molar-refractivity contribution in [2.75, 3.05) is 12.5 Å². The van der Waals surface area contributed by atoms with Crippen molar-refractivity contribution >= 4 is 28.9 Å². The highest BCUT2D eigenvalue weighted by Crippen LogP contribution is 2.21. The number of hydrogen-bond acceptors (Lipinski definition) is 6. The van der Waals surface area contributed by atoms with Crippen LogP contribution in [0.5, 0.6) is 0 Å². The van der Waals surface area contributed by atoms with Crippen LogP contribution in [-0.4, -0.2) is 27.6 Å². The van der Waals surface area contributed by atoms with Crippen molar-refractivity contribution in [3.63, 3.8) is 0 Å². The molecule has 0 fully saturated rings. The Morgan fingerprint density at radius 2 is 1.86 bits per heavy atom. The van der Waals surface area contributed by atoms with E-state index in [4.69, 9.17) is 0 Å². The zero-order chi connectivity index (χ0) is 20.6. The van der Waals surface area contributed by atoms with E-state index in [0.29, 0.717) is 0 Å². The predicted molar refractivity (Wildman–Crippen MR) is 123 cm³/mol. The van der Waals surface area contributed by atoms with Gasteiger partial charge in [0.25, 0.3) is 0 Å². The van der Waals surface area contributed by atoms with Crippen molar-refractivity contribution < 1.29 is 0 Å². The van der Waals surface area contributed by atoms with E-state index in [-0.39, 0.29) is 0 Å². The van der Waals surface area contributed by atoms with Crippen molar-refractivity contribution in [2.24, 2.45) is 5.10 Å². The first kappa shape index (κ1) is 20.7. The minimum absolute atomic E-state index is 0.766. The van der Waals surface area contributed by atoms with Gasteiger partial charge in [0.2, 0.25) is 0 Å². The van der Waals surface area contributed by atoms with Crippen LogP contribution in [0.2, 0.25) is 0 Å². The first-order valence-corrected chi connectivity index (χ1v) is 10.5. The molecule has 2 N–H and O–H groups in total. The lowest BCUT2D eigenvalue weighted by Crippen LogP contribution is -2.05. The molecule has 0 saturated carbocycles. The van der Waals surface area contributed by atoms with Crippen LogP contribution in [-0.2, 0) is 6.54 Å². The van der Waals surface area contributed by atoms with Crippen LogP contribution in [0.25, 0.3) is 16.9 Å². The Hall–Kier alpha value is -3.03. The van der Waals surface area contributed by atoms with Gasteiger partial charge in [-0.05, 0) is 37.7 Å². The number of nitrogens with one attached hydrogen (secondary N) is 2. The van der Waals surface area contributed by atoms with E-state index >= 15 is 0 Å². The third kappa shape index (κ3) is 5.28. The zero-order valence-electron chi connectivity index (χ0n) is 17.2. The molecule has 6 nitrogen and oxygen atoms in total. The third-order valence-corrected chi connectivity index (χ3v) is 4.90. The first-order chi connectivity index (χ1) is 14.2. The van der Waals surface area contributed by atoms with Gasteiger partial charge in [-0.25, -0.2) is 9.97 Å². The van der Waals surface area contributed by atoms with E-state index < -0.39 is 0 Å². The third-order valence-electron chi connectivity index (χ3n) is 4.08. The van der Waals surface area contributed by atoms with E-state index in [1.54, 1.807) is 17.6 Å². The molecule has 150 valence electrons. The number of aryl methyl sites for hydroxylation is 1. The van der Waals surface area contributed by atoms with E-state index in [0.717, 1.165) is 39.8 Å². The quantitative estimate of drug-likeness (QED) is 0.351. The summed E-state index contributed by atoms with van der Waals surface area (Å²) in [6.45, 7) is 6.84. The van der Waals surface area contributed by atoms with Crippen LogP contribution in [0.4, 0.5) is 5.69 Å². The Labute approximate surface area is 175 Å². The number of pyridine rings is 1. The maximum Gasteiger partial charge on any atom is 0.137 e. The summed E-state index contributed by atoms with van der Waals surface area (Å²) in [4.78, 5) is 9.14. The minimum atomic E-state index is 0.766. The lowest BCUT2D eigenvalue weighted by Gasteiger charge is -2.01. The van der Waals surface area contributed by atoms with E-state index in [2.05, 4.69) is 49.4 Å². The summed E-state index contributed by atoms with van der Waals surface area (Å²) in [7, 11) is 1.91. The molecule has 0 radical (unpaired) electrons. The molecule has 0 aliphatic carbocycles. The van der Waals surface area contributed by atoms with Crippen molar-refractivity contribution in [1.82, 2.24) is 19.7 Å². The molecule has 4 rings (SSSR count). The van der Waals surface area contributed by atoms with Gasteiger partial charge in [0.1, 0.15) is 10.7 Å². The maximum absolute atomic E-state index is 4.67. The molecule has 4 aromatic rings. The summed E-state index contributed by atoms with van der Waals surface area (Å²) in [6.07, 6.45) is 5.87. The van der Waals surface area contributed by atoms with Crippen molar-refractivity contribution in [1.29, 1.82) is 0 Å². The molecule has 0 saturated heterocycles. The van der Waals surface area contributed by atoms with Crippen LogP contribution >= 0.6 is 11.3 Å². The second-order valence-electron chi connectivity index (χ2n) is 6.25. The van der Waals surface area contributed by atoms with Crippen molar-refractivity contribution in [3.8, 4) is 11.3 Å². The number of rotatable bonds is 6. The fraction of sp³-hybridized carbons (Fsp3) is 0.227. The Kier molecular flexibility index (Phi) is 7.10. The topological polar surface area (TPSA) is 66.6 Å². The second kappa shape index (κ2) is 9.95. The van der Waals surface area contributed by atoms with Gasteiger partial charge in [-0.2, -0.15) is 5.10 Å². The number of imidazole rings is 1. The largest absolute Gasteiger partial charge is 0.314 e. The minimum Gasteiger partial charge on any atom is -0.314 e. The van der Waals surface area contributed by atoms with Crippen molar-refractivity contribution in [2.45, 2.75) is 27.3 Å². The molecular weight excluding hydrogens is 380 g/mol. The molecule has 0 aliphatic rings. The average molecular weight is 407 g/mol. The van der Waals surface area contributed by atoms with Gasteiger partial charge in [-0.15, -0.1) is 11.3 Å². The standard InChI is InChI=1S/C20H20N6S.C2H6/c1-14-3-8-19-24-18(12-26(19)11-14)15-4-6-16(7-5-15)25-22-10-20-23-17(9-21-2)13-27-20;1-2/h3-8,10-13,21,25H,9H2,1-2H3;1-2H3/b22-10+;. The molecule has 0 spiro atoms. The molecular formula is C22H26N6S. The molecule has 3 aromatic heterocycles. The number of hydrogen-bond donors (Lipinski definition) is 2. The molecule has 3 heterocycles. The van der Waals surface area contributed by atoms with Gasteiger partial charge in [0.05, 0.1) is 23.3 Å². The summed E-state index contributed by atoms with van der Waals surface area (Å²) in [6, 6.07) is 12.2. The Morgan fingerprint density at radius 3 is 2.62 bits per heavy atom. The van der Waals surface area contributed by atoms with Gasteiger partial charge < -0.3 is 9.72 Å². The molecule has 0 amide bonds. The van der Waals surface area contributed by atoms with Crippen LogP contribution < -0.4 is 10.7 Å². The Balaban J connectivity index is 0.00000117.